The molecule has 0 aromatic heterocycles. The Hall–Kier alpha value is -1.46. The van der Waals surface area contributed by atoms with Crippen LogP contribution in [0.25, 0.3) is 0 Å². The molecule has 148 valence electrons. The molecule has 5 heteroatoms. The van der Waals surface area contributed by atoms with E-state index in [1.807, 2.05) is 12.2 Å². The fraction of sp³-hybridized carbons (Fsp3) is 0.714. The van der Waals surface area contributed by atoms with Gasteiger partial charge in [0.1, 0.15) is 5.78 Å². The molecule has 1 saturated carbocycles. The van der Waals surface area contributed by atoms with Crippen LogP contribution in [0.1, 0.15) is 71.6 Å². The van der Waals surface area contributed by atoms with E-state index in [2.05, 4.69) is 6.92 Å². The molecule has 0 spiro atoms. The molecular weight excluding hydrogens is 332 g/mol. The standard InChI is InChI=1S/C21H34O5/c1-3-4-9-13-21(2,26)14-12-17-16(18(22)15-19(17)23)10-7-5-6-8-11-20(24)25/h5,7,12,14,16-18,22,26H,3-4,6,8-11,13,15H2,1-2H3,(H,24,25)/t16-,17-,18+,21+/m1/s1. The van der Waals surface area contributed by atoms with Gasteiger partial charge in [-0.3, -0.25) is 9.59 Å². The zero-order valence-electron chi connectivity index (χ0n) is 16.1. The second-order valence-electron chi connectivity index (χ2n) is 7.59. The molecule has 3 N–H and O–H groups in total. The van der Waals surface area contributed by atoms with Crippen LogP contribution in [0, 0.1) is 11.8 Å². The summed E-state index contributed by atoms with van der Waals surface area (Å²) >= 11 is 0. The molecule has 4 atom stereocenters. The van der Waals surface area contributed by atoms with Gasteiger partial charge in [0, 0.05) is 24.7 Å². The molecule has 0 saturated heterocycles. The number of rotatable bonds is 12. The van der Waals surface area contributed by atoms with E-state index in [0.717, 1.165) is 19.3 Å². The number of carbonyl (C=O) groups is 2. The largest absolute Gasteiger partial charge is 0.481 e. The van der Waals surface area contributed by atoms with Crippen LogP contribution in [0.2, 0.25) is 0 Å². The van der Waals surface area contributed by atoms with Crippen molar-refractivity contribution in [1.82, 2.24) is 0 Å². The minimum absolute atomic E-state index is 0.0161. The van der Waals surface area contributed by atoms with Crippen LogP contribution in [0.15, 0.2) is 24.3 Å². The second-order valence-corrected chi connectivity index (χ2v) is 7.59. The lowest BCUT2D eigenvalue weighted by Crippen LogP contribution is -2.23. The van der Waals surface area contributed by atoms with Gasteiger partial charge in [-0.1, -0.05) is 50.5 Å². The molecule has 0 amide bonds. The van der Waals surface area contributed by atoms with E-state index in [1.165, 1.54) is 0 Å². The van der Waals surface area contributed by atoms with Gasteiger partial charge in [0.15, 0.2) is 0 Å². The van der Waals surface area contributed by atoms with Crippen molar-refractivity contribution in [2.75, 3.05) is 0 Å². The lowest BCUT2D eigenvalue weighted by molar-refractivity contribution is -0.137. The summed E-state index contributed by atoms with van der Waals surface area (Å²) in [7, 11) is 0. The average Bonchev–Trinajstić information content (AvgIpc) is 2.82. The number of carboxylic acids is 1. The molecule has 26 heavy (non-hydrogen) atoms. The van der Waals surface area contributed by atoms with E-state index in [9.17, 15) is 19.8 Å². The van der Waals surface area contributed by atoms with Gasteiger partial charge in [0.2, 0.25) is 0 Å². The fourth-order valence-electron chi connectivity index (χ4n) is 3.39. The maximum Gasteiger partial charge on any atom is 0.303 e. The number of aliphatic hydroxyl groups excluding tert-OH is 1. The highest BCUT2D eigenvalue weighted by Gasteiger charge is 2.39. The average molecular weight is 366 g/mol. The molecule has 1 aliphatic rings. The lowest BCUT2D eigenvalue weighted by Gasteiger charge is -2.21. The number of aliphatic hydroxyl groups is 2. The maximum absolute atomic E-state index is 12.2. The summed E-state index contributed by atoms with van der Waals surface area (Å²) < 4.78 is 0. The van der Waals surface area contributed by atoms with E-state index in [0.29, 0.717) is 25.7 Å². The van der Waals surface area contributed by atoms with E-state index in [1.54, 1.807) is 19.1 Å². The Labute approximate surface area is 156 Å². The number of unbranched alkanes of at least 4 members (excludes halogenated alkanes) is 3. The summed E-state index contributed by atoms with van der Waals surface area (Å²) in [5.74, 6) is -1.33. The van der Waals surface area contributed by atoms with Crippen molar-refractivity contribution in [1.29, 1.82) is 0 Å². The maximum atomic E-state index is 12.2. The zero-order chi connectivity index (χ0) is 19.6. The number of allylic oxidation sites excluding steroid dienone is 3. The molecule has 1 rings (SSSR count). The van der Waals surface area contributed by atoms with Gasteiger partial charge in [-0.2, -0.15) is 0 Å². The highest BCUT2D eigenvalue weighted by Crippen LogP contribution is 2.34. The Morgan fingerprint density at radius 1 is 1.27 bits per heavy atom. The SMILES string of the molecule is CCCCC[C@](C)(O)C=C[C@H]1C(=O)C[C@H](O)[C@@H]1CC=CCCCC(=O)O. The number of hydrogen-bond acceptors (Lipinski definition) is 4. The van der Waals surface area contributed by atoms with Crippen molar-refractivity contribution >= 4 is 11.8 Å². The molecule has 5 nitrogen and oxygen atoms in total. The molecule has 0 radical (unpaired) electrons. The third kappa shape index (κ3) is 8.28. The Morgan fingerprint density at radius 2 is 2.00 bits per heavy atom. The van der Waals surface area contributed by atoms with Gasteiger partial charge in [-0.05, 0) is 32.6 Å². The second kappa shape index (κ2) is 11.3. The first-order valence-electron chi connectivity index (χ1n) is 9.76. The first-order chi connectivity index (χ1) is 12.3. The predicted molar refractivity (Wildman–Crippen MR) is 102 cm³/mol. The minimum atomic E-state index is -0.930. The summed E-state index contributed by atoms with van der Waals surface area (Å²) in [5.41, 5.74) is -0.930. The van der Waals surface area contributed by atoms with Gasteiger partial charge >= 0.3 is 5.97 Å². The Morgan fingerprint density at radius 3 is 2.65 bits per heavy atom. The smallest absolute Gasteiger partial charge is 0.303 e. The summed E-state index contributed by atoms with van der Waals surface area (Å²) in [5, 5.41) is 29.2. The number of Topliss-reactive ketones (excluding diaryl/α,β-unsaturated/α-hetero) is 1. The molecule has 1 fully saturated rings. The van der Waals surface area contributed by atoms with Gasteiger partial charge in [-0.15, -0.1) is 0 Å². The quantitative estimate of drug-likeness (QED) is 0.362. The first kappa shape index (κ1) is 22.6. The number of carboxylic acid groups (broad SMARTS) is 1. The molecule has 0 heterocycles. The van der Waals surface area contributed by atoms with Crippen molar-refractivity contribution < 1.29 is 24.9 Å². The molecule has 0 bridgehead atoms. The normalized spacial score (nSPS) is 26.0. The van der Waals surface area contributed by atoms with Crippen LogP contribution in [0.5, 0.6) is 0 Å². The third-order valence-electron chi connectivity index (χ3n) is 5.02. The van der Waals surface area contributed by atoms with Crippen molar-refractivity contribution in [3.05, 3.63) is 24.3 Å². The van der Waals surface area contributed by atoms with Crippen LogP contribution >= 0.6 is 0 Å². The van der Waals surface area contributed by atoms with Crippen LogP contribution in [-0.4, -0.2) is 38.8 Å². The minimum Gasteiger partial charge on any atom is -0.481 e. The highest BCUT2D eigenvalue weighted by molar-refractivity contribution is 5.86. The molecular formula is C21H34O5. The molecule has 0 aromatic carbocycles. The molecule has 0 aliphatic heterocycles. The Kier molecular flexibility index (Phi) is 9.81. The first-order valence-corrected chi connectivity index (χ1v) is 9.76. The Bertz CT molecular complexity index is 507. The van der Waals surface area contributed by atoms with Crippen LogP contribution in [0.4, 0.5) is 0 Å². The van der Waals surface area contributed by atoms with Gasteiger partial charge < -0.3 is 15.3 Å². The van der Waals surface area contributed by atoms with Crippen molar-refractivity contribution in [2.45, 2.75) is 83.3 Å². The number of ketones is 1. The number of carbonyl (C=O) groups excluding carboxylic acids is 1. The van der Waals surface area contributed by atoms with E-state index < -0.39 is 17.7 Å². The van der Waals surface area contributed by atoms with Crippen LogP contribution in [-0.2, 0) is 9.59 Å². The monoisotopic (exact) mass is 366 g/mol. The predicted octanol–water partition coefficient (Wildman–Crippen LogP) is 3.64. The number of aliphatic carboxylic acids is 1. The summed E-state index contributed by atoms with van der Waals surface area (Å²) in [6, 6.07) is 0. The summed E-state index contributed by atoms with van der Waals surface area (Å²) in [6.45, 7) is 3.87. The van der Waals surface area contributed by atoms with E-state index in [-0.39, 0.29) is 30.5 Å². The van der Waals surface area contributed by atoms with E-state index in [4.69, 9.17) is 5.11 Å². The lowest BCUT2D eigenvalue weighted by atomic mass is 9.88. The molecule has 0 unspecified atom stereocenters. The number of hydrogen-bond donors (Lipinski definition) is 3. The van der Waals surface area contributed by atoms with E-state index >= 15 is 0 Å². The van der Waals surface area contributed by atoms with Gasteiger partial charge in [-0.25, -0.2) is 0 Å². The van der Waals surface area contributed by atoms with Gasteiger partial charge in [0.05, 0.1) is 11.7 Å². The zero-order valence-corrected chi connectivity index (χ0v) is 16.1. The highest BCUT2D eigenvalue weighted by atomic mass is 16.4. The topological polar surface area (TPSA) is 94.8 Å². The Balaban J connectivity index is 2.58. The summed E-state index contributed by atoms with van der Waals surface area (Å²) in [6.07, 6.45) is 12.6. The third-order valence-corrected chi connectivity index (χ3v) is 5.02. The van der Waals surface area contributed by atoms with Crippen molar-refractivity contribution in [3.63, 3.8) is 0 Å². The molecule has 1 aliphatic carbocycles. The summed E-state index contributed by atoms with van der Waals surface area (Å²) in [4.78, 5) is 22.7. The van der Waals surface area contributed by atoms with Crippen molar-refractivity contribution in [3.8, 4) is 0 Å². The van der Waals surface area contributed by atoms with Crippen LogP contribution < -0.4 is 0 Å². The van der Waals surface area contributed by atoms with Crippen molar-refractivity contribution in [2.24, 2.45) is 11.8 Å². The fourth-order valence-corrected chi connectivity index (χ4v) is 3.39. The molecule has 0 aromatic rings. The van der Waals surface area contributed by atoms with Gasteiger partial charge in [0.25, 0.3) is 0 Å². The van der Waals surface area contributed by atoms with Crippen LogP contribution in [0.3, 0.4) is 0 Å².